The molecule has 1 amide bonds. The fraction of sp³-hybridized carbons (Fsp3) is 0.143. The molecule has 98 valence electrons. The summed E-state index contributed by atoms with van der Waals surface area (Å²) in [6.07, 6.45) is 2.83. The van der Waals surface area contributed by atoms with Gasteiger partial charge in [-0.05, 0) is 17.7 Å². The quantitative estimate of drug-likeness (QED) is 0.914. The molecule has 1 aromatic heterocycles. The second kappa shape index (κ2) is 5.48. The maximum atomic E-state index is 13.0. The van der Waals surface area contributed by atoms with E-state index in [2.05, 4.69) is 4.98 Å². The van der Waals surface area contributed by atoms with E-state index >= 15 is 0 Å². The minimum absolute atomic E-state index is 0.0707. The number of amides is 1. The van der Waals surface area contributed by atoms with Crippen LogP contribution in [0.4, 0.5) is 4.39 Å². The number of pyridine rings is 1. The summed E-state index contributed by atoms with van der Waals surface area (Å²) in [5.41, 5.74) is 0.402. The van der Waals surface area contributed by atoms with E-state index in [9.17, 15) is 14.0 Å². The Bertz CT molecular complexity index is 652. The van der Waals surface area contributed by atoms with Crippen molar-refractivity contribution in [1.29, 1.82) is 0 Å². The third-order valence-corrected chi connectivity index (χ3v) is 2.71. The Balaban J connectivity index is 2.17. The third kappa shape index (κ3) is 3.07. The Morgan fingerprint density at radius 1 is 1.37 bits per heavy atom. The summed E-state index contributed by atoms with van der Waals surface area (Å²) in [5.74, 6) is -0.748. The molecular formula is C14H13FN2O2. The van der Waals surface area contributed by atoms with Crippen LogP contribution in [0.3, 0.4) is 0 Å². The molecule has 5 heteroatoms. The fourth-order valence-electron chi connectivity index (χ4n) is 1.77. The zero-order valence-corrected chi connectivity index (χ0v) is 10.4. The molecule has 0 aliphatic rings. The van der Waals surface area contributed by atoms with E-state index in [1.54, 1.807) is 19.2 Å². The largest absolute Gasteiger partial charge is 0.367 e. The van der Waals surface area contributed by atoms with Gasteiger partial charge < -0.3 is 9.88 Å². The molecule has 0 radical (unpaired) electrons. The molecule has 0 aliphatic heterocycles. The summed E-state index contributed by atoms with van der Waals surface area (Å²) >= 11 is 0. The highest BCUT2D eigenvalue weighted by molar-refractivity contribution is 5.93. The molecule has 2 rings (SSSR count). The number of hydrogen-bond acceptors (Lipinski definition) is 2. The van der Waals surface area contributed by atoms with E-state index in [0.717, 1.165) is 0 Å². The number of aromatic nitrogens is 1. The van der Waals surface area contributed by atoms with Crippen LogP contribution in [0.25, 0.3) is 0 Å². The maximum Gasteiger partial charge on any atom is 0.259 e. The van der Waals surface area contributed by atoms with Gasteiger partial charge in [0, 0.05) is 32.1 Å². The lowest BCUT2D eigenvalue weighted by atomic mass is 10.2. The number of nitrogens with zero attached hydrogens (tertiary/aromatic N) is 1. The van der Waals surface area contributed by atoms with Crippen LogP contribution in [-0.4, -0.2) is 22.8 Å². The number of rotatable bonds is 3. The first-order chi connectivity index (χ1) is 9.08. The monoisotopic (exact) mass is 260 g/mol. The minimum Gasteiger partial charge on any atom is -0.367 e. The number of halogens is 1. The zero-order chi connectivity index (χ0) is 13.8. The van der Waals surface area contributed by atoms with Crippen molar-refractivity contribution in [3.8, 4) is 0 Å². The van der Waals surface area contributed by atoms with Crippen molar-refractivity contribution in [3.63, 3.8) is 0 Å². The highest BCUT2D eigenvalue weighted by Gasteiger charge is 2.15. The lowest BCUT2D eigenvalue weighted by Crippen LogP contribution is -2.30. The van der Waals surface area contributed by atoms with Crippen LogP contribution >= 0.6 is 0 Å². The first-order valence-electron chi connectivity index (χ1n) is 5.75. The number of H-pyrrole nitrogens is 1. The number of hydrogen-bond donors (Lipinski definition) is 1. The molecule has 19 heavy (non-hydrogen) atoms. The highest BCUT2D eigenvalue weighted by atomic mass is 19.1. The zero-order valence-electron chi connectivity index (χ0n) is 10.4. The summed E-state index contributed by atoms with van der Waals surface area (Å²) in [6.45, 7) is 0.241. The standard InChI is InChI=1S/C14H13FN2O2/c1-17(9-10-3-2-4-11(15)7-10)14(19)12-8-16-6-5-13(12)18/h2-8H,9H2,1H3,(H,16,18). The summed E-state index contributed by atoms with van der Waals surface area (Å²) in [7, 11) is 1.57. The molecule has 0 fully saturated rings. The topological polar surface area (TPSA) is 53.2 Å². The second-order valence-corrected chi connectivity index (χ2v) is 4.21. The molecule has 0 spiro atoms. The molecule has 0 bridgehead atoms. The fourth-order valence-corrected chi connectivity index (χ4v) is 1.77. The molecule has 0 saturated heterocycles. The number of carbonyl (C=O) groups excluding carboxylic acids is 1. The molecule has 0 saturated carbocycles. The van der Waals surface area contributed by atoms with Gasteiger partial charge in [0.2, 0.25) is 0 Å². The van der Waals surface area contributed by atoms with Gasteiger partial charge in [-0.15, -0.1) is 0 Å². The number of carbonyl (C=O) groups is 1. The molecule has 1 aromatic carbocycles. The van der Waals surface area contributed by atoms with E-state index in [0.29, 0.717) is 5.56 Å². The van der Waals surface area contributed by atoms with Gasteiger partial charge in [-0.3, -0.25) is 9.59 Å². The van der Waals surface area contributed by atoms with Crippen molar-refractivity contribution in [3.05, 3.63) is 69.9 Å². The Morgan fingerprint density at radius 2 is 2.16 bits per heavy atom. The molecule has 1 heterocycles. The first kappa shape index (κ1) is 13.0. The van der Waals surface area contributed by atoms with Gasteiger partial charge in [0.05, 0.1) is 0 Å². The molecule has 1 N–H and O–H groups in total. The van der Waals surface area contributed by atoms with Crippen molar-refractivity contribution >= 4 is 5.91 Å². The van der Waals surface area contributed by atoms with Gasteiger partial charge in [-0.25, -0.2) is 4.39 Å². The van der Waals surface area contributed by atoms with Gasteiger partial charge in [0.1, 0.15) is 11.4 Å². The SMILES string of the molecule is CN(Cc1cccc(F)c1)C(=O)c1c[nH]ccc1=O. The molecule has 2 aromatic rings. The molecule has 4 nitrogen and oxygen atoms in total. The highest BCUT2D eigenvalue weighted by Crippen LogP contribution is 2.07. The second-order valence-electron chi connectivity index (χ2n) is 4.21. The van der Waals surface area contributed by atoms with Crippen molar-refractivity contribution < 1.29 is 9.18 Å². The Labute approximate surface area is 109 Å². The van der Waals surface area contributed by atoms with Crippen molar-refractivity contribution in [2.75, 3.05) is 7.05 Å². The number of nitrogens with one attached hydrogen (secondary N) is 1. The van der Waals surface area contributed by atoms with Crippen LogP contribution in [0.1, 0.15) is 15.9 Å². The maximum absolute atomic E-state index is 13.0. The lowest BCUT2D eigenvalue weighted by Gasteiger charge is -2.16. The van der Waals surface area contributed by atoms with Crippen LogP contribution in [0.15, 0.2) is 47.5 Å². The minimum atomic E-state index is -0.397. The van der Waals surface area contributed by atoms with Crippen molar-refractivity contribution in [1.82, 2.24) is 9.88 Å². The van der Waals surface area contributed by atoms with Crippen molar-refractivity contribution in [2.24, 2.45) is 0 Å². The van der Waals surface area contributed by atoms with E-state index in [-0.39, 0.29) is 23.4 Å². The Kier molecular flexibility index (Phi) is 3.75. The average molecular weight is 260 g/mol. The molecule has 0 aliphatic carbocycles. The predicted molar refractivity (Wildman–Crippen MR) is 69.3 cm³/mol. The van der Waals surface area contributed by atoms with E-state index in [1.165, 1.54) is 35.5 Å². The van der Waals surface area contributed by atoms with Crippen LogP contribution in [0.5, 0.6) is 0 Å². The van der Waals surface area contributed by atoms with Gasteiger partial charge in [-0.1, -0.05) is 12.1 Å². The molecular weight excluding hydrogens is 247 g/mol. The third-order valence-electron chi connectivity index (χ3n) is 2.71. The normalized spacial score (nSPS) is 10.2. The lowest BCUT2D eigenvalue weighted by molar-refractivity contribution is 0.0783. The van der Waals surface area contributed by atoms with E-state index < -0.39 is 5.91 Å². The Morgan fingerprint density at radius 3 is 2.84 bits per heavy atom. The average Bonchev–Trinajstić information content (AvgIpc) is 2.38. The smallest absolute Gasteiger partial charge is 0.259 e. The van der Waals surface area contributed by atoms with Gasteiger partial charge in [-0.2, -0.15) is 0 Å². The van der Waals surface area contributed by atoms with Crippen LogP contribution in [-0.2, 0) is 6.54 Å². The summed E-state index contributed by atoms with van der Waals surface area (Å²) in [4.78, 5) is 27.7. The van der Waals surface area contributed by atoms with Crippen LogP contribution in [0, 0.1) is 5.82 Å². The first-order valence-corrected chi connectivity index (χ1v) is 5.75. The molecule has 0 unspecified atom stereocenters. The summed E-state index contributed by atoms with van der Waals surface area (Å²) in [6, 6.07) is 7.30. The van der Waals surface area contributed by atoms with Gasteiger partial charge >= 0.3 is 0 Å². The van der Waals surface area contributed by atoms with Gasteiger partial charge in [0.25, 0.3) is 5.91 Å². The van der Waals surface area contributed by atoms with E-state index in [1.807, 2.05) is 0 Å². The van der Waals surface area contributed by atoms with Crippen molar-refractivity contribution in [2.45, 2.75) is 6.54 Å². The number of benzene rings is 1. The van der Waals surface area contributed by atoms with Crippen LogP contribution < -0.4 is 5.43 Å². The van der Waals surface area contributed by atoms with Gasteiger partial charge in [0.15, 0.2) is 5.43 Å². The summed E-state index contributed by atoms with van der Waals surface area (Å²) < 4.78 is 13.0. The molecule has 0 atom stereocenters. The van der Waals surface area contributed by atoms with Crippen LogP contribution in [0.2, 0.25) is 0 Å². The summed E-state index contributed by atoms with van der Waals surface area (Å²) in [5, 5.41) is 0. The van der Waals surface area contributed by atoms with E-state index in [4.69, 9.17) is 0 Å². The predicted octanol–water partition coefficient (Wildman–Crippen LogP) is 1.79. The Hall–Kier alpha value is -2.43. The number of aromatic amines is 1.